The highest BCUT2D eigenvalue weighted by Crippen LogP contribution is 2.23. The summed E-state index contributed by atoms with van der Waals surface area (Å²) >= 11 is 0. The van der Waals surface area contributed by atoms with Crippen molar-refractivity contribution in [2.24, 2.45) is 5.73 Å². The second kappa shape index (κ2) is 6.75. The Bertz CT molecular complexity index is 483. The van der Waals surface area contributed by atoms with Crippen LogP contribution in [-0.4, -0.2) is 33.6 Å². The highest BCUT2D eigenvalue weighted by atomic mass is 32.2. The molecule has 0 radical (unpaired) electrons. The Labute approximate surface area is 109 Å². The van der Waals surface area contributed by atoms with Crippen LogP contribution in [0.5, 0.6) is 5.75 Å². The van der Waals surface area contributed by atoms with Crippen molar-refractivity contribution in [1.82, 2.24) is 0 Å². The Balaban J connectivity index is 2.60. The van der Waals surface area contributed by atoms with Gasteiger partial charge in [0.15, 0.2) is 0 Å². The van der Waals surface area contributed by atoms with Crippen LogP contribution in [0.1, 0.15) is 17.5 Å². The Morgan fingerprint density at radius 1 is 1.33 bits per heavy atom. The average Bonchev–Trinajstić information content (AvgIpc) is 2.26. The smallest absolute Gasteiger partial charge is 0.147 e. The lowest BCUT2D eigenvalue weighted by molar-refractivity contribution is 0.312. The van der Waals surface area contributed by atoms with Crippen LogP contribution in [0.15, 0.2) is 18.2 Å². The number of aryl methyl sites for hydroxylation is 1. The quantitative estimate of drug-likeness (QED) is 0.759. The summed E-state index contributed by atoms with van der Waals surface area (Å²) in [6.07, 6.45) is 2.51. The van der Waals surface area contributed by atoms with Crippen LogP contribution in [-0.2, 0) is 16.3 Å². The normalized spacial score (nSPS) is 11.5. The van der Waals surface area contributed by atoms with Crippen molar-refractivity contribution < 1.29 is 13.2 Å². The van der Waals surface area contributed by atoms with E-state index in [0.29, 0.717) is 19.6 Å². The fraction of sp³-hybridized carbons (Fsp3) is 0.538. The maximum atomic E-state index is 11.0. The van der Waals surface area contributed by atoms with E-state index in [2.05, 4.69) is 0 Å². The van der Waals surface area contributed by atoms with Gasteiger partial charge in [-0.25, -0.2) is 8.42 Å². The largest absolute Gasteiger partial charge is 0.493 e. The van der Waals surface area contributed by atoms with Gasteiger partial charge in [-0.1, -0.05) is 18.2 Å². The third-order valence-electron chi connectivity index (χ3n) is 2.61. The van der Waals surface area contributed by atoms with Crippen LogP contribution >= 0.6 is 0 Å². The third kappa shape index (κ3) is 5.06. The van der Waals surface area contributed by atoms with Crippen molar-refractivity contribution in [2.75, 3.05) is 25.2 Å². The minimum Gasteiger partial charge on any atom is -0.493 e. The highest BCUT2D eigenvalue weighted by Gasteiger charge is 2.07. The van der Waals surface area contributed by atoms with Gasteiger partial charge >= 0.3 is 0 Å². The molecule has 5 heteroatoms. The Hall–Kier alpha value is -1.07. The molecule has 0 atom stereocenters. The first-order valence-electron chi connectivity index (χ1n) is 6.03. The summed E-state index contributed by atoms with van der Waals surface area (Å²) in [5.41, 5.74) is 7.69. The van der Waals surface area contributed by atoms with Crippen LogP contribution in [0.3, 0.4) is 0 Å². The molecule has 0 heterocycles. The zero-order valence-electron chi connectivity index (χ0n) is 11.0. The van der Waals surface area contributed by atoms with E-state index < -0.39 is 9.84 Å². The highest BCUT2D eigenvalue weighted by molar-refractivity contribution is 7.90. The van der Waals surface area contributed by atoms with Gasteiger partial charge in [-0.3, -0.25) is 0 Å². The molecule has 0 aliphatic heterocycles. The van der Waals surface area contributed by atoms with Crippen LogP contribution in [0.25, 0.3) is 0 Å². The van der Waals surface area contributed by atoms with E-state index >= 15 is 0 Å². The summed E-state index contributed by atoms with van der Waals surface area (Å²) in [7, 11) is -2.91. The number of sulfone groups is 1. The molecule has 0 aliphatic carbocycles. The van der Waals surface area contributed by atoms with Gasteiger partial charge in [0, 0.05) is 6.26 Å². The molecule has 0 fully saturated rings. The number of para-hydroxylation sites is 1. The maximum absolute atomic E-state index is 11.0. The summed E-state index contributed by atoms with van der Waals surface area (Å²) in [4.78, 5) is 0. The van der Waals surface area contributed by atoms with Gasteiger partial charge in [0.25, 0.3) is 0 Å². The Morgan fingerprint density at radius 2 is 2.06 bits per heavy atom. The predicted molar refractivity (Wildman–Crippen MR) is 73.8 cm³/mol. The topological polar surface area (TPSA) is 69.4 Å². The molecular weight excluding hydrogens is 250 g/mol. The van der Waals surface area contributed by atoms with E-state index in [1.807, 2.05) is 25.1 Å². The lowest BCUT2D eigenvalue weighted by Gasteiger charge is -2.13. The number of hydrogen-bond donors (Lipinski definition) is 1. The molecule has 0 aromatic heterocycles. The van der Waals surface area contributed by atoms with Gasteiger partial charge in [0.1, 0.15) is 15.6 Å². The first-order chi connectivity index (χ1) is 8.44. The fourth-order valence-electron chi connectivity index (χ4n) is 1.77. The molecular formula is C13H21NO3S. The zero-order chi connectivity index (χ0) is 13.6. The van der Waals surface area contributed by atoms with Gasteiger partial charge in [0.2, 0.25) is 0 Å². The lowest BCUT2D eigenvalue weighted by atomic mass is 10.1. The van der Waals surface area contributed by atoms with E-state index in [1.54, 1.807) is 0 Å². The summed E-state index contributed by atoms with van der Waals surface area (Å²) in [6.45, 7) is 2.96. The second-order valence-corrected chi connectivity index (χ2v) is 6.69. The van der Waals surface area contributed by atoms with E-state index in [1.165, 1.54) is 6.26 Å². The van der Waals surface area contributed by atoms with Crippen LogP contribution in [0, 0.1) is 6.92 Å². The second-order valence-electron chi connectivity index (χ2n) is 4.43. The third-order valence-corrected chi connectivity index (χ3v) is 3.64. The molecule has 0 saturated heterocycles. The number of hydrogen-bond acceptors (Lipinski definition) is 4. The zero-order valence-corrected chi connectivity index (χ0v) is 11.8. The van der Waals surface area contributed by atoms with E-state index in [9.17, 15) is 8.42 Å². The molecule has 0 aliphatic rings. The lowest BCUT2D eigenvalue weighted by Crippen LogP contribution is -2.10. The maximum Gasteiger partial charge on any atom is 0.147 e. The van der Waals surface area contributed by atoms with Gasteiger partial charge in [-0.15, -0.1) is 0 Å². The first-order valence-corrected chi connectivity index (χ1v) is 8.09. The van der Waals surface area contributed by atoms with Crippen molar-refractivity contribution in [3.63, 3.8) is 0 Å². The molecule has 1 aromatic carbocycles. The van der Waals surface area contributed by atoms with E-state index in [-0.39, 0.29) is 5.75 Å². The van der Waals surface area contributed by atoms with Gasteiger partial charge < -0.3 is 10.5 Å². The summed E-state index contributed by atoms with van der Waals surface area (Å²) in [5, 5.41) is 0. The molecule has 18 heavy (non-hydrogen) atoms. The molecule has 0 bridgehead atoms. The van der Waals surface area contributed by atoms with Crippen LogP contribution in [0.4, 0.5) is 0 Å². The predicted octanol–water partition coefficient (Wildman–Crippen LogP) is 1.31. The van der Waals surface area contributed by atoms with Crippen LogP contribution in [0.2, 0.25) is 0 Å². The van der Waals surface area contributed by atoms with Crippen molar-refractivity contribution in [3.8, 4) is 5.75 Å². The Kier molecular flexibility index (Phi) is 5.62. The minimum atomic E-state index is -2.91. The SMILES string of the molecule is Cc1cccc(CCN)c1OCCCS(C)(=O)=O. The Morgan fingerprint density at radius 3 is 2.67 bits per heavy atom. The van der Waals surface area contributed by atoms with Crippen molar-refractivity contribution in [3.05, 3.63) is 29.3 Å². The number of ether oxygens (including phenoxy) is 1. The molecule has 0 spiro atoms. The molecule has 102 valence electrons. The van der Waals surface area contributed by atoms with E-state index in [4.69, 9.17) is 10.5 Å². The van der Waals surface area contributed by atoms with Crippen molar-refractivity contribution in [1.29, 1.82) is 0 Å². The summed E-state index contributed by atoms with van der Waals surface area (Å²) in [6, 6.07) is 5.95. The van der Waals surface area contributed by atoms with Gasteiger partial charge in [0.05, 0.1) is 12.4 Å². The molecule has 1 rings (SSSR count). The summed E-state index contributed by atoms with van der Waals surface area (Å²) in [5.74, 6) is 1.00. The number of rotatable bonds is 7. The first kappa shape index (κ1) is 15.0. The molecule has 2 N–H and O–H groups in total. The van der Waals surface area contributed by atoms with Crippen LogP contribution < -0.4 is 10.5 Å². The van der Waals surface area contributed by atoms with Gasteiger partial charge in [-0.05, 0) is 37.4 Å². The molecule has 0 saturated carbocycles. The molecule has 0 unspecified atom stereocenters. The van der Waals surface area contributed by atoms with Crippen molar-refractivity contribution >= 4 is 9.84 Å². The molecule has 0 amide bonds. The summed E-state index contributed by atoms with van der Waals surface area (Å²) < 4.78 is 27.7. The minimum absolute atomic E-state index is 0.158. The average molecular weight is 271 g/mol. The standard InChI is InChI=1S/C13H21NO3S/c1-11-5-3-6-12(7-8-14)13(11)17-9-4-10-18(2,15)16/h3,5-6H,4,7-10,14H2,1-2H3. The van der Waals surface area contributed by atoms with Gasteiger partial charge in [-0.2, -0.15) is 0 Å². The van der Waals surface area contributed by atoms with Crippen molar-refractivity contribution in [2.45, 2.75) is 19.8 Å². The van der Waals surface area contributed by atoms with E-state index in [0.717, 1.165) is 23.3 Å². The number of benzene rings is 1. The monoisotopic (exact) mass is 271 g/mol. The fourth-order valence-corrected chi connectivity index (χ4v) is 2.41. The number of nitrogens with two attached hydrogens (primary N) is 1. The molecule has 1 aromatic rings. The molecule has 4 nitrogen and oxygen atoms in total.